The number of alkyl halides is 2. The molecule has 0 aromatic carbocycles. The summed E-state index contributed by atoms with van der Waals surface area (Å²) in [6, 6.07) is 0. The first kappa shape index (κ1) is 13.0. The van der Waals surface area contributed by atoms with Crippen LogP contribution in [0, 0.1) is 0 Å². The van der Waals surface area contributed by atoms with E-state index in [1.165, 1.54) is 4.72 Å². The second-order valence-corrected chi connectivity index (χ2v) is 6.57. The Morgan fingerprint density at radius 3 is 2.00 bits per heavy atom. The van der Waals surface area contributed by atoms with Gasteiger partial charge in [-0.1, -0.05) is 0 Å². The molecule has 13 heavy (non-hydrogen) atoms. The quantitative estimate of drug-likeness (QED) is 0.686. The van der Waals surface area contributed by atoms with Crippen LogP contribution in [0.1, 0.15) is 0 Å². The van der Waals surface area contributed by atoms with Crippen molar-refractivity contribution in [3.05, 3.63) is 0 Å². The third kappa shape index (κ3) is 6.13. The zero-order valence-corrected chi connectivity index (χ0v) is 8.46. The van der Waals surface area contributed by atoms with Gasteiger partial charge in [-0.15, -0.1) is 0 Å². The van der Waals surface area contributed by atoms with Gasteiger partial charge in [0, 0.05) is 17.2 Å². The summed E-state index contributed by atoms with van der Waals surface area (Å²) >= 11 is 0. The fourth-order valence-corrected chi connectivity index (χ4v) is 1.59. The van der Waals surface area contributed by atoms with Gasteiger partial charge < -0.3 is 0 Å². The zero-order valence-electron chi connectivity index (χ0n) is 6.07. The van der Waals surface area contributed by atoms with E-state index in [1.807, 2.05) is 0 Å². The maximum atomic E-state index is 11.6. The first-order chi connectivity index (χ1) is 5.65. The molecule has 0 aliphatic heterocycles. The van der Waals surface area contributed by atoms with Crippen LogP contribution in [0.4, 0.5) is 8.78 Å². The van der Waals surface area contributed by atoms with Gasteiger partial charge in [-0.05, 0) is 0 Å². The van der Waals surface area contributed by atoms with Gasteiger partial charge in [-0.25, -0.2) is 21.6 Å². The van der Waals surface area contributed by atoms with Gasteiger partial charge in [0.25, 0.3) is 10.0 Å². The molecule has 1 N–H and O–H groups in total. The molecule has 5 nitrogen and oxygen atoms in total. The number of sulfonamides is 1. The standard InChI is InChI=1S/C3H6ClF2NO4S2/c4-12(8,9)2-1-7-13(10,11)3(5)6/h3,7H,1-2H2. The molecule has 0 bridgehead atoms. The average Bonchev–Trinajstić information content (AvgIpc) is 1.82. The topological polar surface area (TPSA) is 80.3 Å². The highest BCUT2D eigenvalue weighted by Gasteiger charge is 2.23. The van der Waals surface area contributed by atoms with Crippen molar-refractivity contribution in [2.24, 2.45) is 0 Å². The van der Waals surface area contributed by atoms with E-state index in [-0.39, 0.29) is 0 Å². The first-order valence-corrected chi connectivity index (χ1v) is 6.86. The average molecular weight is 258 g/mol. The number of rotatable bonds is 5. The Morgan fingerprint density at radius 2 is 1.69 bits per heavy atom. The number of nitrogens with one attached hydrogen (secondary N) is 1. The monoisotopic (exact) mass is 257 g/mol. The Morgan fingerprint density at radius 1 is 1.23 bits per heavy atom. The summed E-state index contributed by atoms with van der Waals surface area (Å²) in [7, 11) is -3.91. The fraction of sp³-hybridized carbons (Fsp3) is 1.00. The first-order valence-electron chi connectivity index (χ1n) is 2.84. The number of halogens is 3. The molecule has 0 saturated heterocycles. The fourth-order valence-electron chi connectivity index (χ4n) is 0.369. The van der Waals surface area contributed by atoms with E-state index in [0.29, 0.717) is 0 Å². The SMILES string of the molecule is O=S(=O)(Cl)CCNS(=O)(=O)C(F)F. The molecule has 0 fully saturated rings. The van der Waals surface area contributed by atoms with Crippen LogP contribution in [0.25, 0.3) is 0 Å². The van der Waals surface area contributed by atoms with E-state index >= 15 is 0 Å². The number of hydrogen-bond acceptors (Lipinski definition) is 4. The van der Waals surface area contributed by atoms with E-state index < -0.39 is 37.1 Å². The van der Waals surface area contributed by atoms with Crippen LogP contribution in [0.3, 0.4) is 0 Å². The molecule has 0 heterocycles. The van der Waals surface area contributed by atoms with Gasteiger partial charge in [-0.3, -0.25) is 0 Å². The molecular formula is C3H6ClF2NO4S2. The van der Waals surface area contributed by atoms with Crippen LogP contribution in [0.5, 0.6) is 0 Å². The Kier molecular flexibility index (Phi) is 4.49. The highest BCUT2D eigenvalue weighted by molar-refractivity contribution is 8.13. The molecule has 80 valence electrons. The molecule has 0 atom stereocenters. The van der Waals surface area contributed by atoms with Gasteiger partial charge in [-0.2, -0.15) is 8.78 Å². The van der Waals surface area contributed by atoms with Crippen LogP contribution in [0.2, 0.25) is 0 Å². The summed E-state index contributed by atoms with van der Waals surface area (Å²) in [6.07, 6.45) is 0. The van der Waals surface area contributed by atoms with Crippen LogP contribution < -0.4 is 4.72 Å². The molecule has 0 aliphatic carbocycles. The highest BCUT2D eigenvalue weighted by atomic mass is 35.7. The smallest absolute Gasteiger partial charge is 0.212 e. The summed E-state index contributed by atoms with van der Waals surface area (Å²) in [6.45, 7) is -0.668. The maximum Gasteiger partial charge on any atom is 0.350 e. The van der Waals surface area contributed by atoms with Gasteiger partial charge in [0.1, 0.15) is 0 Å². The Labute approximate surface area is 78.5 Å². The summed E-state index contributed by atoms with van der Waals surface area (Å²) < 4.78 is 65.7. The summed E-state index contributed by atoms with van der Waals surface area (Å²) in [4.78, 5) is 0. The predicted octanol–water partition coefficient (Wildman–Crippen LogP) is -0.303. The zero-order chi connectivity index (χ0) is 10.7. The van der Waals surface area contributed by atoms with E-state index in [9.17, 15) is 25.6 Å². The summed E-state index contributed by atoms with van der Waals surface area (Å²) in [5.41, 5.74) is 0. The lowest BCUT2D eigenvalue weighted by atomic mass is 10.8. The van der Waals surface area contributed by atoms with Crippen LogP contribution in [-0.4, -0.2) is 34.9 Å². The minimum atomic E-state index is -4.73. The lowest BCUT2D eigenvalue weighted by Crippen LogP contribution is -2.32. The lowest BCUT2D eigenvalue weighted by Gasteiger charge is -2.02. The molecule has 0 radical (unpaired) electrons. The van der Waals surface area contributed by atoms with Crippen LogP contribution >= 0.6 is 10.7 Å². The van der Waals surface area contributed by atoms with E-state index in [4.69, 9.17) is 10.7 Å². The largest absolute Gasteiger partial charge is 0.350 e. The minimum Gasteiger partial charge on any atom is -0.212 e. The van der Waals surface area contributed by atoms with Crippen molar-refractivity contribution in [1.29, 1.82) is 0 Å². The minimum absolute atomic E-state index is 0.668. The maximum absolute atomic E-state index is 11.6. The van der Waals surface area contributed by atoms with Crippen molar-refractivity contribution in [2.75, 3.05) is 12.3 Å². The van der Waals surface area contributed by atoms with Gasteiger partial charge >= 0.3 is 5.76 Å². The van der Waals surface area contributed by atoms with Crippen molar-refractivity contribution in [3.63, 3.8) is 0 Å². The third-order valence-corrected chi connectivity index (χ3v) is 3.11. The van der Waals surface area contributed by atoms with E-state index in [0.717, 1.165) is 0 Å². The summed E-state index contributed by atoms with van der Waals surface area (Å²) in [5.74, 6) is -4.31. The number of hydrogen-bond donors (Lipinski definition) is 1. The molecule has 0 spiro atoms. The summed E-state index contributed by atoms with van der Waals surface area (Å²) in [5, 5.41) is 0. The van der Waals surface area contributed by atoms with Crippen LogP contribution in [-0.2, 0) is 19.1 Å². The predicted molar refractivity (Wildman–Crippen MR) is 42.6 cm³/mol. The second-order valence-electron chi connectivity index (χ2n) is 1.94. The van der Waals surface area contributed by atoms with Crippen molar-refractivity contribution in [3.8, 4) is 0 Å². The molecule has 10 heteroatoms. The molecule has 0 aliphatic rings. The van der Waals surface area contributed by atoms with Gasteiger partial charge in [0.15, 0.2) is 0 Å². The molecule has 0 saturated carbocycles. The van der Waals surface area contributed by atoms with Crippen molar-refractivity contribution in [2.45, 2.75) is 5.76 Å². The molecule has 0 rings (SSSR count). The molecule has 0 aromatic heterocycles. The molecule has 0 aromatic rings. The molecule has 0 amide bonds. The normalized spacial score (nSPS) is 13.5. The van der Waals surface area contributed by atoms with Crippen molar-refractivity contribution < 1.29 is 25.6 Å². The van der Waals surface area contributed by atoms with Crippen molar-refractivity contribution in [1.82, 2.24) is 4.72 Å². The molecular weight excluding hydrogens is 252 g/mol. The third-order valence-electron chi connectivity index (χ3n) is 0.884. The van der Waals surface area contributed by atoms with E-state index in [1.54, 1.807) is 0 Å². The Hall–Kier alpha value is 0.01000. The van der Waals surface area contributed by atoms with Crippen LogP contribution in [0.15, 0.2) is 0 Å². The highest BCUT2D eigenvalue weighted by Crippen LogP contribution is 2.01. The Bertz CT molecular complexity index is 350. The Balaban J connectivity index is 4.07. The lowest BCUT2D eigenvalue weighted by molar-refractivity contribution is 0.232. The van der Waals surface area contributed by atoms with E-state index in [2.05, 4.69) is 0 Å². The second kappa shape index (κ2) is 4.49. The molecule has 0 unspecified atom stereocenters. The van der Waals surface area contributed by atoms with Crippen molar-refractivity contribution >= 4 is 29.8 Å². The van der Waals surface area contributed by atoms with Gasteiger partial charge in [0.2, 0.25) is 9.05 Å². The van der Waals surface area contributed by atoms with Gasteiger partial charge in [0.05, 0.1) is 5.75 Å².